The van der Waals surface area contributed by atoms with E-state index in [-0.39, 0.29) is 23.6 Å². The number of ether oxygens (including phenoxy) is 1. The molecule has 1 fully saturated rings. The van der Waals surface area contributed by atoms with Crippen LogP contribution in [0, 0.1) is 0 Å². The Kier molecular flexibility index (Phi) is 4.43. The van der Waals surface area contributed by atoms with Gasteiger partial charge in [0.25, 0.3) is 11.8 Å². The topological polar surface area (TPSA) is 71.8 Å². The zero-order valence-electron chi connectivity index (χ0n) is 12.8. The molecule has 1 aliphatic rings. The molecule has 1 aromatic carbocycles. The summed E-state index contributed by atoms with van der Waals surface area (Å²) in [5.41, 5.74) is 1.20. The highest BCUT2D eigenvalue weighted by atomic mass is 16.5. The number of carbonyl (C=O) groups excluding carboxylic acids is 2. The lowest BCUT2D eigenvalue weighted by Crippen LogP contribution is -2.47. The number of anilines is 1. The summed E-state index contributed by atoms with van der Waals surface area (Å²) in [5, 5.41) is 2.72. The smallest absolute Gasteiger partial charge is 0.291 e. The normalized spacial score (nSPS) is 17.8. The van der Waals surface area contributed by atoms with Crippen molar-refractivity contribution < 1.29 is 18.7 Å². The summed E-state index contributed by atoms with van der Waals surface area (Å²) >= 11 is 0. The van der Waals surface area contributed by atoms with Crippen molar-refractivity contribution in [2.24, 2.45) is 0 Å². The number of carbonyl (C=O) groups is 2. The highest BCUT2D eigenvalue weighted by molar-refractivity contribution is 6.02. The summed E-state index contributed by atoms with van der Waals surface area (Å²) in [6.45, 7) is 3.68. The van der Waals surface area contributed by atoms with Gasteiger partial charge < -0.3 is 19.4 Å². The zero-order chi connectivity index (χ0) is 16.2. The molecule has 3 rings (SSSR count). The van der Waals surface area contributed by atoms with Crippen LogP contribution in [-0.4, -0.2) is 42.5 Å². The van der Waals surface area contributed by atoms with Gasteiger partial charge in [0.15, 0.2) is 5.76 Å². The van der Waals surface area contributed by atoms with E-state index in [2.05, 4.69) is 5.32 Å². The molecule has 1 atom stereocenters. The van der Waals surface area contributed by atoms with Crippen molar-refractivity contribution in [2.45, 2.75) is 13.0 Å². The molecule has 0 spiro atoms. The molecule has 1 aromatic heterocycles. The second-order valence-electron chi connectivity index (χ2n) is 5.43. The molecular formula is C17H18N2O4. The minimum atomic E-state index is -0.323. The van der Waals surface area contributed by atoms with Crippen molar-refractivity contribution >= 4 is 17.5 Å². The number of furan rings is 1. The molecule has 0 radical (unpaired) electrons. The minimum absolute atomic E-state index is 0.0234. The predicted octanol–water partition coefficient (Wildman–Crippen LogP) is 2.39. The number of hydrogen-bond acceptors (Lipinski definition) is 4. The van der Waals surface area contributed by atoms with Crippen LogP contribution in [0.15, 0.2) is 47.1 Å². The fourth-order valence-corrected chi connectivity index (χ4v) is 2.49. The third-order valence-electron chi connectivity index (χ3n) is 3.76. The second kappa shape index (κ2) is 6.66. The van der Waals surface area contributed by atoms with Gasteiger partial charge in [-0.25, -0.2) is 0 Å². The number of rotatable bonds is 3. The van der Waals surface area contributed by atoms with E-state index in [1.54, 1.807) is 41.3 Å². The standard InChI is InChI=1S/C17H18N2O4/c1-12-11-22-10-8-19(12)17(21)13-4-6-14(7-5-13)18-16(20)15-3-2-9-23-15/h2-7,9,12H,8,10-11H2,1H3,(H,18,20). The highest BCUT2D eigenvalue weighted by Crippen LogP contribution is 2.16. The molecule has 0 aliphatic carbocycles. The largest absolute Gasteiger partial charge is 0.459 e. The fraction of sp³-hybridized carbons (Fsp3) is 0.294. The summed E-state index contributed by atoms with van der Waals surface area (Å²) in [6.07, 6.45) is 1.44. The van der Waals surface area contributed by atoms with E-state index < -0.39 is 0 Å². The van der Waals surface area contributed by atoms with Crippen LogP contribution in [0.2, 0.25) is 0 Å². The Balaban J connectivity index is 1.67. The Morgan fingerprint density at radius 1 is 1.22 bits per heavy atom. The summed E-state index contributed by atoms with van der Waals surface area (Å²) in [4.78, 5) is 26.2. The van der Waals surface area contributed by atoms with Crippen molar-refractivity contribution in [1.29, 1.82) is 0 Å². The Bertz CT molecular complexity index is 679. The van der Waals surface area contributed by atoms with E-state index in [0.29, 0.717) is 31.0 Å². The van der Waals surface area contributed by atoms with E-state index in [1.165, 1.54) is 6.26 Å². The van der Waals surface area contributed by atoms with Crippen LogP contribution in [0.1, 0.15) is 27.8 Å². The summed E-state index contributed by atoms with van der Waals surface area (Å²) in [5.74, 6) is -0.104. The number of amides is 2. The zero-order valence-corrected chi connectivity index (χ0v) is 12.8. The molecule has 0 saturated carbocycles. The van der Waals surface area contributed by atoms with Crippen LogP contribution in [0.3, 0.4) is 0 Å². The maximum atomic E-state index is 12.5. The van der Waals surface area contributed by atoms with Crippen molar-refractivity contribution in [3.05, 3.63) is 54.0 Å². The molecule has 23 heavy (non-hydrogen) atoms. The van der Waals surface area contributed by atoms with Crippen molar-refractivity contribution in [3.8, 4) is 0 Å². The first-order valence-electron chi connectivity index (χ1n) is 7.49. The third-order valence-corrected chi connectivity index (χ3v) is 3.76. The quantitative estimate of drug-likeness (QED) is 0.944. The minimum Gasteiger partial charge on any atom is -0.459 e. The highest BCUT2D eigenvalue weighted by Gasteiger charge is 2.24. The van der Waals surface area contributed by atoms with E-state index in [1.807, 2.05) is 6.92 Å². The first-order chi connectivity index (χ1) is 11.1. The van der Waals surface area contributed by atoms with Crippen LogP contribution in [0.5, 0.6) is 0 Å². The van der Waals surface area contributed by atoms with Gasteiger partial charge in [-0.05, 0) is 43.3 Å². The Hall–Kier alpha value is -2.60. The average Bonchev–Trinajstić information content (AvgIpc) is 3.10. The van der Waals surface area contributed by atoms with Crippen molar-refractivity contribution in [2.75, 3.05) is 25.1 Å². The Labute approximate surface area is 134 Å². The molecule has 6 nitrogen and oxygen atoms in total. The number of nitrogens with zero attached hydrogens (tertiary/aromatic N) is 1. The lowest BCUT2D eigenvalue weighted by molar-refractivity contribution is 0.00359. The molecule has 120 valence electrons. The maximum absolute atomic E-state index is 12.5. The number of nitrogens with one attached hydrogen (secondary N) is 1. The molecule has 6 heteroatoms. The van der Waals surface area contributed by atoms with E-state index >= 15 is 0 Å². The molecule has 1 unspecified atom stereocenters. The second-order valence-corrected chi connectivity index (χ2v) is 5.43. The van der Waals surface area contributed by atoms with Crippen LogP contribution in [0.4, 0.5) is 5.69 Å². The molecule has 2 heterocycles. The first kappa shape index (κ1) is 15.3. The maximum Gasteiger partial charge on any atom is 0.291 e. The summed E-state index contributed by atoms with van der Waals surface area (Å²) < 4.78 is 10.4. The van der Waals surface area contributed by atoms with E-state index in [4.69, 9.17) is 9.15 Å². The van der Waals surface area contributed by atoms with Gasteiger partial charge >= 0.3 is 0 Å². The van der Waals surface area contributed by atoms with Crippen LogP contribution in [0.25, 0.3) is 0 Å². The number of hydrogen-bond donors (Lipinski definition) is 1. The van der Waals surface area contributed by atoms with Crippen molar-refractivity contribution in [1.82, 2.24) is 4.90 Å². The van der Waals surface area contributed by atoms with Gasteiger partial charge in [-0.3, -0.25) is 9.59 Å². The molecule has 1 aliphatic heterocycles. The van der Waals surface area contributed by atoms with Gasteiger partial charge in [0, 0.05) is 17.8 Å². The molecular weight excluding hydrogens is 296 g/mol. The number of morpholine rings is 1. The van der Waals surface area contributed by atoms with Gasteiger partial charge in [-0.1, -0.05) is 0 Å². The SMILES string of the molecule is CC1COCCN1C(=O)c1ccc(NC(=O)c2ccco2)cc1. The van der Waals surface area contributed by atoms with Crippen molar-refractivity contribution in [3.63, 3.8) is 0 Å². The van der Waals surface area contributed by atoms with E-state index in [9.17, 15) is 9.59 Å². The lowest BCUT2D eigenvalue weighted by atomic mass is 10.1. The summed E-state index contributed by atoms with van der Waals surface area (Å²) in [7, 11) is 0. The predicted molar refractivity (Wildman–Crippen MR) is 84.4 cm³/mol. The Morgan fingerprint density at radius 3 is 2.65 bits per heavy atom. The van der Waals surface area contributed by atoms with Crippen LogP contribution in [-0.2, 0) is 4.74 Å². The first-order valence-corrected chi connectivity index (χ1v) is 7.49. The average molecular weight is 314 g/mol. The molecule has 1 saturated heterocycles. The van der Waals surface area contributed by atoms with Crippen LogP contribution >= 0.6 is 0 Å². The molecule has 0 bridgehead atoms. The monoisotopic (exact) mass is 314 g/mol. The lowest BCUT2D eigenvalue weighted by Gasteiger charge is -2.33. The third kappa shape index (κ3) is 3.43. The van der Waals surface area contributed by atoms with Crippen LogP contribution < -0.4 is 5.32 Å². The van der Waals surface area contributed by atoms with Gasteiger partial charge in [-0.15, -0.1) is 0 Å². The molecule has 2 aromatic rings. The molecule has 1 N–H and O–H groups in total. The number of benzene rings is 1. The molecule has 2 amide bonds. The van der Waals surface area contributed by atoms with Gasteiger partial charge in [0.2, 0.25) is 0 Å². The Morgan fingerprint density at radius 2 is 2.00 bits per heavy atom. The van der Waals surface area contributed by atoms with E-state index in [0.717, 1.165) is 0 Å². The van der Waals surface area contributed by atoms with Gasteiger partial charge in [0.05, 0.1) is 25.5 Å². The summed E-state index contributed by atoms with van der Waals surface area (Å²) in [6, 6.07) is 10.1. The van der Waals surface area contributed by atoms with Gasteiger partial charge in [-0.2, -0.15) is 0 Å². The van der Waals surface area contributed by atoms with Gasteiger partial charge in [0.1, 0.15) is 0 Å². The fourth-order valence-electron chi connectivity index (χ4n) is 2.49.